The number of aromatic nitrogens is 1. The third kappa shape index (κ3) is 2.74. The van der Waals surface area contributed by atoms with Crippen LogP contribution in [0.3, 0.4) is 0 Å². The summed E-state index contributed by atoms with van der Waals surface area (Å²) in [6.07, 6.45) is -0.752. The van der Waals surface area contributed by atoms with E-state index in [1.54, 1.807) is 13.2 Å². The van der Waals surface area contributed by atoms with E-state index in [0.717, 1.165) is 21.5 Å². The molecule has 2 heterocycles. The summed E-state index contributed by atoms with van der Waals surface area (Å²) in [5.41, 5.74) is 2.04. The Kier molecular flexibility index (Phi) is 4.16. The molecular weight excluding hydrogens is 352 g/mol. The maximum absolute atomic E-state index is 12.6. The Morgan fingerprint density at radius 1 is 1.27 bits per heavy atom. The van der Waals surface area contributed by atoms with Crippen LogP contribution in [0.5, 0.6) is 17.2 Å². The minimum absolute atomic E-state index is 0.149. The number of carbonyl (C=O) groups is 1. The van der Waals surface area contributed by atoms with Gasteiger partial charge in [-0.25, -0.2) is 0 Å². The molecule has 0 unspecified atom stereocenters. The van der Waals surface area contributed by atoms with Crippen molar-refractivity contribution in [1.29, 1.82) is 0 Å². The molecule has 134 valence electrons. The molecule has 1 atom stereocenters. The van der Waals surface area contributed by atoms with Gasteiger partial charge in [-0.3, -0.25) is 4.79 Å². The number of hydrogen-bond acceptors (Lipinski definition) is 5. The zero-order valence-corrected chi connectivity index (χ0v) is 15.5. The van der Waals surface area contributed by atoms with Crippen LogP contribution in [0.4, 0.5) is 0 Å². The third-order valence-electron chi connectivity index (χ3n) is 4.32. The van der Waals surface area contributed by atoms with Crippen LogP contribution >= 0.6 is 11.3 Å². The summed E-state index contributed by atoms with van der Waals surface area (Å²) in [5, 5.41) is 0. The Hall–Kier alpha value is -2.80. The van der Waals surface area contributed by atoms with Crippen LogP contribution in [-0.2, 0) is 11.8 Å². The molecule has 1 amide bonds. The predicted octanol–water partition coefficient (Wildman–Crippen LogP) is 2.82. The lowest BCUT2D eigenvalue weighted by Crippen LogP contribution is -2.36. The van der Waals surface area contributed by atoms with Crippen LogP contribution in [0.1, 0.15) is 5.56 Å². The van der Waals surface area contributed by atoms with E-state index < -0.39 is 6.10 Å². The molecule has 0 N–H and O–H groups in total. The van der Waals surface area contributed by atoms with Crippen LogP contribution in [0, 0.1) is 6.92 Å². The van der Waals surface area contributed by atoms with E-state index in [9.17, 15) is 4.79 Å². The topological polar surface area (TPSA) is 62.1 Å². The van der Waals surface area contributed by atoms with Gasteiger partial charge in [-0.05, 0) is 30.7 Å². The maximum atomic E-state index is 12.6. The van der Waals surface area contributed by atoms with E-state index in [1.807, 2.05) is 48.9 Å². The van der Waals surface area contributed by atoms with Gasteiger partial charge in [-0.1, -0.05) is 29.5 Å². The van der Waals surface area contributed by atoms with Gasteiger partial charge in [0.15, 0.2) is 16.3 Å². The number of thiazole rings is 1. The van der Waals surface area contributed by atoms with Gasteiger partial charge in [0.05, 0.1) is 11.8 Å². The molecule has 0 spiro atoms. The second kappa shape index (κ2) is 6.49. The first-order valence-corrected chi connectivity index (χ1v) is 9.00. The third-order valence-corrected chi connectivity index (χ3v) is 5.58. The van der Waals surface area contributed by atoms with Gasteiger partial charge in [0.2, 0.25) is 6.10 Å². The zero-order chi connectivity index (χ0) is 18.3. The highest BCUT2D eigenvalue weighted by atomic mass is 32.1. The second-order valence-corrected chi connectivity index (χ2v) is 7.00. The summed E-state index contributed by atoms with van der Waals surface area (Å²) in [7, 11) is 3.51. The normalized spacial score (nSPS) is 16.7. The summed E-state index contributed by atoms with van der Waals surface area (Å²) in [4.78, 5) is 17.5. The highest BCUT2D eigenvalue weighted by Crippen LogP contribution is 2.32. The van der Waals surface area contributed by atoms with Gasteiger partial charge >= 0.3 is 0 Å². The van der Waals surface area contributed by atoms with Crippen molar-refractivity contribution >= 4 is 27.5 Å². The zero-order valence-electron chi connectivity index (χ0n) is 14.7. The van der Waals surface area contributed by atoms with Crippen molar-refractivity contribution in [2.75, 3.05) is 13.7 Å². The number of hydrogen-bond donors (Lipinski definition) is 0. The van der Waals surface area contributed by atoms with Gasteiger partial charge in [0, 0.05) is 7.05 Å². The average Bonchev–Trinajstić information content (AvgIpc) is 2.99. The van der Waals surface area contributed by atoms with Crippen molar-refractivity contribution in [3.05, 3.63) is 46.8 Å². The Morgan fingerprint density at radius 2 is 2.04 bits per heavy atom. The largest absolute Gasteiger partial charge is 0.495 e. The first-order chi connectivity index (χ1) is 12.6. The number of rotatable bonds is 2. The summed E-state index contributed by atoms with van der Waals surface area (Å²) in [6.45, 7) is 2.18. The van der Waals surface area contributed by atoms with Crippen LogP contribution in [0.25, 0.3) is 10.2 Å². The number of aryl methyl sites for hydroxylation is 2. The molecule has 0 fully saturated rings. The van der Waals surface area contributed by atoms with Crippen molar-refractivity contribution < 1.29 is 19.0 Å². The molecule has 7 heteroatoms. The molecule has 1 aliphatic heterocycles. The molecule has 0 saturated heterocycles. The number of ether oxygens (including phenoxy) is 3. The number of fused-ring (bicyclic) bond motifs is 2. The standard InChI is InChI=1S/C19H18N2O4S/c1-11-8-9-14(23-3)16-17(11)26-19(21(16)2)20-18(22)15-10-24-12-6-4-5-7-13(12)25-15/h4-9,15H,10H2,1-3H3/t15-/m0/s1. The summed E-state index contributed by atoms with van der Waals surface area (Å²) >= 11 is 1.46. The molecule has 1 aliphatic rings. The lowest BCUT2D eigenvalue weighted by Gasteiger charge is -2.23. The number of carbonyl (C=O) groups excluding carboxylic acids is 1. The Labute approximate surface area is 154 Å². The van der Waals surface area contributed by atoms with Gasteiger partial charge < -0.3 is 18.8 Å². The fraction of sp³-hybridized carbons (Fsp3) is 0.263. The van der Waals surface area contributed by atoms with Gasteiger partial charge in [0.1, 0.15) is 17.9 Å². The second-order valence-electron chi connectivity index (χ2n) is 6.02. The van der Waals surface area contributed by atoms with Crippen molar-refractivity contribution in [2.45, 2.75) is 13.0 Å². The Morgan fingerprint density at radius 3 is 2.81 bits per heavy atom. The Bertz CT molecular complexity index is 1070. The Balaban J connectivity index is 1.72. The first kappa shape index (κ1) is 16.7. The SMILES string of the molecule is COc1ccc(C)c2sc(=NC(=O)[C@@H]3COc4ccccc4O3)n(C)c12. The van der Waals surface area contributed by atoms with Crippen LogP contribution in [0.15, 0.2) is 41.4 Å². The van der Waals surface area contributed by atoms with E-state index >= 15 is 0 Å². The number of para-hydroxylation sites is 2. The highest BCUT2D eigenvalue weighted by molar-refractivity contribution is 7.16. The molecule has 2 aromatic carbocycles. The molecule has 3 aromatic rings. The van der Waals surface area contributed by atoms with E-state index in [2.05, 4.69) is 4.99 Å². The van der Waals surface area contributed by atoms with Crippen LogP contribution < -0.4 is 19.0 Å². The van der Waals surface area contributed by atoms with Crippen molar-refractivity contribution in [2.24, 2.45) is 12.0 Å². The minimum Gasteiger partial charge on any atom is -0.495 e. The predicted molar refractivity (Wildman–Crippen MR) is 99.0 cm³/mol. The van der Waals surface area contributed by atoms with Crippen molar-refractivity contribution in [1.82, 2.24) is 4.57 Å². The summed E-state index contributed by atoms with van der Waals surface area (Å²) in [5.74, 6) is 1.59. The molecule has 0 aliphatic carbocycles. The van der Waals surface area contributed by atoms with E-state index in [-0.39, 0.29) is 12.5 Å². The van der Waals surface area contributed by atoms with Gasteiger partial charge in [-0.15, -0.1) is 0 Å². The number of benzene rings is 2. The molecule has 0 radical (unpaired) electrons. The number of amides is 1. The smallest absolute Gasteiger partial charge is 0.292 e. The van der Waals surface area contributed by atoms with Crippen molar-refractivity contribution in [3.63, 3.8) is 0 Å². The summed E-state index contributed by atoms with van der Waals surface area (Å²) < 4.78 is 19.7. The summed E-state index contributed by atoms with van der Waals surface area (Å²) in [6, 6.07) is 11.2. The quantitative estimate of drug-likeness (QED) is 0.696. The monoisotopic (exact) mass is 370 g/mol. The van der Waals surface area contributed by atoms with Crippen molar-refractivity contribution in [3.8, 4) is 17.2 Å². The van der Waals surface area contributed by atoms with E-state index in [4.69, 9.17) is 14.2 Å². The average molecular weight is 370 g/mol. The van der Waals surface area contributed by atoms with Gasteiger partial charge in [0.25, 0.3) is 5.91 Å². The lowest BCUT2D eigenvalue weighted by molar-refractivity contribution is -0.127. The molecule has 4 rings (SSSR count). The maximum Gasteiger partial charge on any atom is 0.292 e. The number of nitrogens with zero attached hydrogens (tertiary/aromatic N) is 2. The number of methoxy groups -OCH3 is 1. The minimum atomic E-state index is -0.752. The van der Waals surface area contributed by atoms with Crippen LogP contribution in [0.2, 0.25) is 0 Å². The lowest BCUT2D eigenvalue weighted by atomic mass is 10.2. The fourth-order valence-corrected chi connectivity index (χ4v) is 4.04. The molecule has 6 nitrogen and oxygen atoms in total. The van der Waals surface area contributed by atoms with Gasteiger partial charge in [-0.2, -0.15) is 4.99 Å². The van der Waals surface area contributed by atoms with E-state index in [0.29, 0.717) is 16.3 Å². The molecule has 0 bridgehead atoms. The molecule has 26 heavy (non-hydrogen) atoms. The van der Waals surface area contributed by atoms with Crippen LogP contribution in [-0.4, -0.2) is 30.3 Å². The molecule has 1 aromatic heterocycles. The highest BCUT2D eigenvalue weighted by Gasteiger charge is 2.27. The first-order valence-electron chi connectivity index (χ1n) is 8.18. The molecule has 0 saturated carbocycles. The fourth-order valence-electron chi connectivity index (χ4n) is 2.93. The van der Waals surface area contributed by atoms with E-state index in [1.165, 1.54) is 11.3 Å². The molecular formula is C19H18N2O4S.